The molecule has 0 saturated carbocycles. The van der Waals surface area contributed by atoms with Crippen molar-refractivity contribution in [1.29, 1.82) is 0 Å². The van der Waals surface area contributed by atoms with Gasteiger partial charge in [0.05, 0.1) is 21.4 Å². The number of hydrogen-bond donors (Lipinski definition) is 1. The Labute approximate surface area is 120 Å². The van der Waals surface area contributed by atoms with Crippen LogP contribution in [0.3, 0.4) is 0 Å². The predicted molar refractivity (Wildman–Crippen MR) is 81.8 cm³/mol. The fraction of sp³-hybridized carbons (Fsp3) is 0.133. The van der Waals surface area contributed by atoms with E-state index in [-0.39, 0.29) is 5.91 Å². The van der Waals surface area contributed by atoms with Crippen LogP contribution in [-0.4, -0.2) is 15.9 Å². The molecular formula is C15H13N3OS. The first-order valence-electron chi connectivity index (χ1n) is 6.37. The number of anilines is 1. The monoisotopic (exact) mass is 283 g/mol. The van der Waals surface area contributed by atoms with Crippen molar-refractivity contribution in [3.05, 3.63) is 41.9 Å². The number of pyridine rings is 1. The van der Waals surface area contributed by atoms with E-state index in [1.807, 2.05) is 42.8 Å². The molecule has 0 radical (unpaired) electrons. The number of aromatic nitrogens is 2. The normalized spacial score (nSPS) is 10.7. The van der Waals surface area contributed by atoms with Gasteiger partial charge in [-0.1, -0.05) is 19.1 Å². The maximum atomic E-state index is 11.4. The maximum Gasteiger partial charge on any atom is 0.225 e. The molecule has 0 spiro atoms. The summed E-state index contributed by atoms with van der Waals surface area (Å²) in [5, 5.41) is 2.77. The molecule has 0 unspecified atom stereocenters. The van der Waals surface area contributed by atoms with E-state index in [2.05, 4.69) is 15.3 Å². The van der Waals surface area contributed by atoms with Crippen LogP contribution < -0.4 is 5.32 Å². The molecule has 0 aliphatic rings. The molecule has 1 amide bonds. The Kier molecular flexibility index (Phi) is 3.43. The van der Waals surface area contributed by atoms with Gasteiger partial charge in [-0.3, -0.25) is 4.79 Å². The second-order valence-corrected chi connectivity index (χ2v) is 5.23. The van der Waals surface area contributed by atoms with Crippen LogP contribution in [0, 0.1) is 0 Å². The second-order valence-electron chi connectivity index (χ2n) is 4.34. The Hall–Kier alpha value is -2.27. The first-order valence-corrected chi connectivity index (χ1v) is 7.25. The highest BCUT2D eigenvalue weighted by Crippen LogP contribution is 2.25. The molecule has 4 nitrogen and oxygen atoms in total. The molecule has 20 heavy (non-hydrogen) atoms. The van der Waals surface area contributed by atoms with Gasteiger partial charge >= 0.3 is 0 Å². The summed E-state index contributed by atoms with van der Waals surface area (Å²) in [5.74, 6) is 0.539. The number of nitrogens with one attached hydrogen (secondary N) is 1. The molecule has 5 heteroatoms. The molecule has 0 saturated heterocycles. The van der Waals surface area contributed by atoms with Gasteiger partial charge < -0.3 is 5.32 Å². The van der Waals surface area contributed by atoms with Crippen LogP contribution in [0.2, 0.25) is 0 Å². The highest BCUT2D eigenvalue weighted by molar-refractivity contribution is 7.16. The smallest absolute Gasteiger partial charge is 0.225 e. The third kappa shape index (κ3) is 2.53. The van der Waals surface area contributed by atoms with Crippen LogP contribution in [0.4, 0.5) is 5.82 Å². The van der Waals surface area contributed by atoms with Crippen molar-refractivity contribution >= 4 is 33.3 Å². The van der Waals surface area contributed by atoms with Crippen molar-refractivity contribution in [2.45, 2.75) is 13.3 Å². The van der Waals surface area contributed by atoms with Crippen LogP contribution in [0.1, 0.15) is 13.3 Å². The summed E-state index contributed by atoms with van der Waals surface area (Å²) in [6.07, 6.45) is 0.441. The van der Waals surface area contributed by atoms with Gasteiger partial charge in [-0.2, -0.15) is 0 Å². The fourth-order valence-electron chi connectivity index (χ4n) is 1.91. The maximum absolute atomic E-state index is 11.4. The number of benzene rings is 1. The number of amides is 1. The Bertz CT molecular complexity index is 766. The quantitative estimate of drug-likeness (QED) is 0.797. The van der Waals surface area contributed by atoms with Crippen LogP contribution in [-0.2, 0) is 4.79 Å². The van der Waals surface area contributed by atoms with Crippen LogP contribution in [0.5, 0.6) is 0 Å². The summed E-state index contributed by atoms with van der Waals surface area (Å²) < 4.78 is 1.16. The van der Waals surface area contributed by atoms with Gasteiger partial charge in [0.1, 0.15) is 5.82 Å². The van der Waals surface area contributed by atoms with Gasteiger partial charge in [0.15, 0.2) is 0 Å². The van der Waals surface area contributed by atoms with Crippen LogP contribution >= 0.6 is 11.3 Å². The third-order valence-electron chi connectivity index (χ3n) is 2.96. The topological polar surface area (TPSA) is 54.9 Å². The van der Waals surface area contributed by atoms with Crippen molar-refractivity contribution in [3.8, 4) is 11.3 Å². The average Bonchev–Trinajstić information content (AvgIpc) is 2.94. The van der Waals surface area contributed by atoms with E-state index in [9.17, 15) is 4.79 Å². The molecule has 0 bridgehead atoms. The average molecular weight is 283 g/mol. The molecule has 2 aromatic heterocycles. The largest absolute Gasteiger partial charge is 0.311 e. The van der Waals surface area contributed by atoms with E-state index in [1.165, 1.54) is 0 Å². The number of carbonyl (C=O) groups is 1. The van der Waals surface area contributed by atoms with Crippen molar-refractivity contribution in [1.82, 2.24) is 9.97 Å². The van der Waals surface area contributed by atoms with Gasteiger partial charge in [-0.25, -0.2) is 9.97 Å². The standard InChI is InChI=1S/C15H13N3OS/c1-2-15(19)18-14-5-3-4-11(17-14)10-6-7-13-12(8-10)16-9-20-13/h3-9H,2H2,1H3,(H,17,18,19). The van der Waals surface area contributed by atoms with Crippen molar-refractivity contribution in [2.75, 3.05) is 5.32 Å². The number of fused-ring (bicyclic) bond motifs is 1. The molecular weight excluding hydrogens is 270 g/mol. The van der Waals surface area contributed by atoms with E-state index in [4.69, 9.17) is 0 Å². The molecule has 3 rings (SSSR count). The molecule has 0 aliphatic carbocycles. The van der Waals surface area contributed by atoms with E-state index in [0.717, 1.165) is 21.5 Å². The van der Waals surface area contributed by atoms with E-state index in [1.54, 1.807) is 17.4 Å². The second kappa shape index (κ2) is 5.38. The molecule has 0 atom stereocenters. The highest BCUT2D eigenvalue weighted by Gasteiger charge is 2.05. The van der Waals surface area contributed by atoms with Gasteiger partial charge in [-0.05, 0) is 24.3 Å². The summed E-state index contributed by atoms with van der Waals surface area (Å²) in [6.45, 7) is 1.81. The molecule has 0 fully saturated rings. The lowest BCUT2D eigenvalue weighted by Crippen LogP contribution is -2.10. The van der Waals surface area contributed by atoms with Crippen LogP contribution in [0.25, 0.3) is 21.5 Å². The molecule has 100 valence electrons. The predicted octanol–water partition coefficient (Wildman–Crippen LogP) is 3.71. The van der Waals surface area contributed by atoms with Crippen molar-refractivity contribution < 1.29 is 4.79 Å². The summed E-state index contributed by atoms with van der Waals surface area (Å²) in [4.78, 5) is 20.2. The number of thiazole rings is 1. The first-order chi connectivity index (χ1) is 9.76. The molecule has 2 heterocycles. The summed E-state index contributed by atoms with van der Waals surface area (Å²) >= 11 is 1.62. The van der Waals surface area contributed by atoms with E-state index < -0.39 is 0 Å². The minimum atomic E-state index is -0.0374. The number of carbonyl (C=O) groups excluding carboxylic acids is 1. The number of rotatable bonds is 3. The number of nitrogens with zero attached hydrogens (tertiary/aromatic N) is 2. The fourth-order valence-corrected chi connectivity index (χ4v) is 2.57. The molecule has 1 aromatic carbocycles. The van der Waals surface area contributed by atoms with Gasteiger partial charge in [0, 0.05) is 12.0 Å². The summed E-state index contributed by atoms with van der Waals surface area (Å²) in [5.41, 5.74) is 4.63. The minimum Gasteiger partial charge on any atom is -0.311 e. The zero-order chi connectivity index (χ0) is 13.9. The Morgan fingerprint density at radius 2 is 2.20 bits per heavy atom. The van der Waals surface area contributed by atoms with Crippen molar-refractivity contribution in [3.63, 3.8) is 0 Å². The first kappa shape index (κ1) is 12.7. The minimum absolute atomic E-state index is 0.0374. The molecule has 3 aromatic rings. The van der Waals surface area contributed by atoms with Gasteiger partial charge in [0.25, 0.3) is 0 Å². The molecule has 0 aliphatic heterocycles. The third-order valence-corrected chi connectivity index (χ3v) is 3.77. The zero-order valence-electron chi connectivity index (χ0n) is 11.0. The Balaban J connectivity index is 1.96. The van der Waals surface area contributed by atoms with Gasteiger partial charge in [-0.15, -0.1) is 11.3 Å². The SMILES string of the molecule is CCC(=O)Nc1cccc(-c2ccc3scnc3c2)n1. The lowest BCUT2D eigenvalue weighted by molar-refractivity contribution is -0.115. The zero-order valence-corrected chi connectivity index (χ0v) is 11.8. The Morgan fingerprint density at radius 3 is 3.05 bits per heavy atom. The lowest BCUT2D eigenvalue weighted by Gasteiger charge is -2.05. The van der Waals surface area contributed by atoms with Gasteiger partial charge in [0.2, 0.25) is 5.91 Å². The van der Waals surface area contributed by atoms with Crippen LogP contribution in [0.15, 0.2) is 41.9 Å². The van der Waals surface area contributed by atoms with E-state index in [0.29, 0.717) is 12.2 Å². The number of hydrogen-bond acceptors (Lipinski definition) is 4. The summed E-state index contributed by atoms with van der Waals surface area (Å²) in [6, 6.07) is 11.7. The Morgan fingerprint density at radius 1 is 1.30 bits per heavy atom. The van der Waals surface area contributed by atoms with Crippen molar-refractivity contribution in [2.24, 2.45) is 0 Å². The summed E-state index contributed by atoms with van der Waals surface area (Å²) in [7, 11) is 0. The van der Waals surface area contributed by atoms with E-state index >= 15 is 0 Å². The highest BCUT2D eigenvalue weighted by atomic mass is 32.1. The molecule has 1 N–H and O–H groups in total. The lowest BCUT2D eigenvalue weighted by atomic mass is 10.1.